The number of phenols is 1. The first-order valence-corrected chi connectivity index (χ1v) is 6.20. The number of nitrogens with zero attached hydrogens (tertiary/aromatic N) is 3. The summed E-state index contributed by atoms with van der Waals surface area (Å²) in [5, 5.41) is 13.5. The molecule has 0 saturated carbocycles. The Morgan fingerprint density at radius 3 is 2.70 bits per heavy atom. The molecule has 0 unspecified atom stereocenters. The SMILES string of the molecule is Cc1cc(-c2nc(-c3cnccc3C)no2)ccc1O. The van der Waals surface area contributed by atoms with Crippen LogP contribution in [0.25, 0.3) is 22.8 Å². The highest BCUT2D eigenvalue weighted by molar-refractivity contribution is 5.62. The lowest BCUT2D eigenvalue weighted by atomic mass is 10.1. The molecule has 0 bridgehead atoms. The van der Waals surface area contributed by atoms with Gasteiger partial charge in [-0.05, 0) is 49.2 Å². The van der Waals surface area contributed by atoms with Gasteiger partial charge < -0.3 is 9.63 Å². The molecule has 0 aliphatic carbocycles. The van der Waals surface area contributed by atoms with E-state index in [-0.39, 0.29) is 5.75 Å². The van der Waals surface area contributed by atoms with Gasteiger partial charge in [0.2, 0.25) is 5.82 Å². The Hall–Kier alpha value is -2.69. The van der Waals surface area contributed by atoms with E-state index < -0.39 is 0 Å². The number of hydrogen-bond acceptors (Lipinski definition) is 5. The molecule has 0 saturated heterocycles. The second kappa shape index (κ2) is 4.77. The van der Waals surface area contributed by atoms with Crippen molar-refractivity contribution in [2.75, 3.05) is 0 Å². The first-order chi connectivity index (χ1) is 9.65. The molecule has 0 aliphatic rings. The predicted molar refractivity (Wildman–Crippen MR) is 74.1 cm³/mol. The lowest BCUT2D eigenvalue weighted by Gasteiger charge is -1.99. The van der Waals surface area contributed by atoms with Crippen LogP contribution in [0.4, 0.5) is 0 Å². The topological polar surface area (TPSA) is 72.0 Å². The van der Waals surface area contributed by atoms with E-state index in [2.05, 4.69) is 15.1 Å². The van der Waals surface area contributed by atoms with Crippen molar-refractivity contribution in [2.45, 2.75) is 13.8 Å². The van der Waals surface area contributed by atoms with Gasteiger partial charge in [0, 0.05) is 23.5 Å². The molecule has 1 aromatic carbocycles. The van der Waals surface area contributed by atoms with Crippen molar-refractivity contribution in [1.29, 1.82) is 0 Å². The summed E-state index contributed by atoms with van der Waals surface area (Å²) in [6.07, 6.45) is 3.44. The Morgan fingerprint density at radius 1 is 1.10 bits per heavy atom. The molecule has 20 heavy (non-hydrogen) atoms. The number of phenolic OH excluding ortho intramolecular Hbond substituents is 1. The summed E-state index contributed by atoms with van der Waals surface area (Å²) in [6.45, 7) is 3.79. The lowest BCUT2D eigenvalue weighted by Crippen LogP contribution is -1.87. The Morgan fingerprint density at radius 2 is 1.95 bits per heavy atom. The third kappa shape index (κ3) is 2.14. The molecule has 2 aromatic heterocycles. The summed E-state index contributed by atoms with van der Waals surface area (Å²) in [4.78, 5) is 8.46. The molecular formula is C15H13N3O2. The number of aryl methyl sites for hydroxylation is 2. The van der Waals surface area contributed by atoms with Gasteiger partial charge in [-0.25, -0.2) is 0 Å². The van der Waals surface area contributed by atoms with Crippen LogP contribution in [0, 0.1) is 13.8 Å². The first-order valence-electron chi connectivity index (χ1n) is 6.20. The van der Waals surface area contributed by atoms with Crippen LogP contribution in [-0.4, -0.2) is 20.2 Å². The Kier molecular flexibility index (Phi) is 2.95. The molecular weight excluding hydrogens is 254 g/mol. The first kappa shape index (κ1) is 12.3. The van der Waals surface area contributed by atoms with Gasteiger partial charge in [0.15, 0.2) is 0 Å². The van der Waals surface area contributed by atoms with Crippen molar-refractivity contribution in [1.82, 2.24) is 15.1 Å². The maximum atomic E-state index is 9.54. The van der Waals surface area contributed by atoms with Crippen molar-refractivity contribution < 1.29 is 9.63 Å². The van der Waals surface area contributed by atoms with Crippen LogP contribution < -0.4 is 0 Å². The number of hydrogen-bond donors (Lipinski definition) is 1. The molecule has 0 fully saturated rings. The largest absolute Gasteiger partial charge is 0.508 e. The minimum Gasteiger partial charge on any atom is -0.508 e. The minimum absolute atomic E-state index is 0.247. The summed E-state index contributed by atoms with van der Waals surface area (Å²) < 4.78 is 5.28. The number of rotatable bonds is 2. The standard InChI is InChI=1S/C15H13N3O2/c1-9-5-6-16-8-12(9)14-17-15(20-18-14)11-3-4-13(19)10(2)7-11/h3-8,19H,1-2H3. The van der Waals surface area contributed by atoms with E-state index >= 15 is 0 Å². The molecule has 2 heterocycles. The summed E-state index contributed by atoms with van der Waals surface area (Å²) in [7, 11) is 0. The zero-order valence-corrected chi connectivity index (χ0v) is 11.2. The Bertz CT molecular complexity index is 765. The van der Waals surface area contributed by atoms with E-state index in [4.69, 9.17) is 4.52 Å². The average Bonchev–Trinajstić information content (AvgIpc) is 2.92. The number of benzene rings is 1. The molecule has 100 valence electrons. The molecule has 1 N–H and O–H groups in total. The van der Waals surface area contributed by atoms with E-state index in [0.717, 1.165) is 22.3 Å². The van der Waals surface area contributed by atoms with Crippen molar-refractivity contribution in [3.05, 3.63) is 47.8 Å². The summed E-state index contributed by atoms with van der Waals surface area (Å²) in [5.41, 5.74) is 3.42. The zero-order chi connectivity index (χ0) is 14.1. The summed E-state index contributed by atoms with van der Waals surface area (Å²) in [6, 6.07) is 7.07. The van der Waals surface area contributed by atoms with Crippen LogP contribution in [0.2, 0.25) is 0 Å². The maximum Gasteiger partial charge on any atom is 0.258 e. The highest BCUT2D eigenvalue weighted by Crippen LogP contribution is 2.26. The van der Waals surface area contributed by atoms with Crippen LogP contribution in [0.3, 0.4) is 0 Å². The maximum absolute atomic E-state index is 9.54. The van der Waals surface area contributed by atoms with E-state index in [9.17, 15) is 5.11 Å². The van der Waals surface area contributed by atoms with Gasteiger partial charge in [-0.2, -0.15) is 4.98 Å². The number of aromatic hydroxyl groups is 1. The van der Waals surface area contributed by atoms with Gasteiger partial charge in [0.25, 0.3) is 5.89 Å². The molecule has 5 heteroatoms. The zero-order valence-electron chi connectivity index (χ0n) is 11.2. The molecule has 0 amide bonds. The van der Waals surface area contributed by atoms with E-state index in [0.29, 0.717) is 11.7 Å². The van der Waals surface area contributed by atoms with E-state index in [1.165, 1.54) is 0 Å². The van der Waals surface area contributed by atoms with Crippen LogP contribution >= 0.6 is 0 Å². The van der Waals surface area contributed by atoms with E-state index in [1.54, 1.807) is 24.5 Å². The second-order valence-electron chi connectivity index (χ2n) is 4.61. The molecule has 0 atom stereocenters. The highest BCUT2D eigenvalue weighted by atomic mass is 16.5. The van der Waals surface area contributed by atoms with Gasteiger partial charge in [-0.1, -0.05) is 5.16 Å². The molecule has 0 spiro atoms. The molecule has 3 rings (SSSR count). The molecule has 3 aromatic rings. The second-order valence-corrected chi connectivity index (χ2v) is 4.61. The van der Waals surface area contributed by atoms with Crippen LogP contribution in [-0.2, 0) is 0 Å². The third-order valence-electron chi connectivity index (χ3n) is 3.15. The van der Waals surface area contributed by atoms with Crippen molar-refractivity contribution in [3.8, 4) is 28.6 Å². The lowest BCUT2D eigenvalue weighted by molar-refractivity contribution is 0.432. The Balaban J connectivity index is 2.02. The quantitative estimate of drug-likeness (QED) is 0.772. The van der Waals surface area contributed by atoms with Crippen LogP contribution in [0.15, 0.2) is 41.2 Å². The monoisotopic (exact) mass is 267 g/mol. The van der Waals surface area contributed by atoms with Crippen molar-refractivity contribution >= 4 is 0 Å². The summed E-state index contributed by atoms with van der Waals surface area (Å²) >= 11 is 0. The Labute approximate surface area is 115 Å². The van der Waals surface area contributed by atoms with Gasteiger partial charge in [0.05, 0.1) is 0 Å². The molecule has 0 radical (unpaired) electrons. The van der Waals surface area contributed by atoms with Gasteiger partial charge in [0.1, 0.15) is 5.75 Å². The fraction of sp³-hybridized carbons (Fsp3) is 0.133. The normalized spacial score (nSPS) is 10.7. The number of aromatic nitrogens is 3. The van der Waals surface area contributed by atoms with Crippen LogP contribution in [0.1, 0.15) is 11.1 Å². The van der Waals surface area contributed by atoms with Gasteiger partial charge in [-0.15, -0.1) is 0 Å². The fourth-order valence-electron chi connectivity index (χ4n) is 1.94. The van der Waals surface area contributed by atoms with E-state index in [1.807, 2.05) is 26.0 Å². The number of pyridine rings is 1. The van der Waals surface area contributed by atoms with Crippen LogP contribution in [0.5, 0.6) is 5.75 Å². The summed E-state index contributed by atoms with van der Waals surface area (Å²) in [5.74, 6) is 1.18. The minimum atomic E-state index is 0.247. The average molecular weight is 267 g/mol. The fourth-order valence-corrected chi connectivity index (χ4v) is 1.94. The predicted octanol–water partition coefficient (Wildman–Crippen LogP) is 3.12. The highest BCUT2D eigenvalue weighted by Gasteiger charge is 2.13. The molecule has 0 aliphatic heterocycles. The van der Waals surface area contributed by atoms with Gasteiger partial charge in [-0.3, -0.25) is 4.98 Å². The van der Waals surface area contributed by atoms with Crippen molar-refractivity contribution in [2.24, 2.45) is 0 Å². The third-order valence-corrected chi connectivity index (χ3v) is 3.15. The van der Waals surface area contributed by atoms with Gasteiger partial charge >= 0.3 is 0 Å². The van der Waals surface area contributed by atoms with Crippen molar-refractivity contribution in [3.63, 3.8) is 0 Å². The smallest absolute Gasteiger partial charge is 0.258 e. The molecule has 5 nitrogen and oxygen atoms in total.